The molecule has 0 aromatic heterocycles. The van der Waals surface area contributed by atoms with E-state index in [1.165, 1.54) is 57.5 Å². The van der Waals surface area contributed by atoms with Gasteiger partial charge in [0.15, 0.2) is 0 Å². The molecule has 0 amide bonds. The molecule has 2 heterocycles. The van der Waals surface area contributed by atoms with Crippen molar-refractivity contribution in [3.63, 3.8) is 0 Å². The SMILES string of the molecule is COc1ccc(CCN2CCC3(CCNCC3)C2)cc1.Cl. The number of hydrogen-bond acceptors (Lipinski definition) is 3. The summed E-state index contributed by atoms with van der Waals surface area (Å²) in [5.74, 6) is 0.948. The van der Waals surface area contributed by atoms with Gasteiger partial charge in [0.2, 0.25) is 0 Å². The molecule has 0 bridgehead atoms. The fourth-order valence-electron chi connectivity index (χ4n) is 3.66. The van der Waals surface area contributed by atoms with E-state index in [4.69, 9.17) is 4.74 Å². The fourth-order valence-corrected chi connectivity index (χ4v) is 3.66. The summed E-state index contributed by atoms with van der Waals surface area (Å²) < 4.78 is 5.21. The van der Waals surface area contributed by atoms with Gasteiger partial charge in [0.05, 0.1) is 7.11 Å². The highest BCUT2D eigenvalue weighted by molar-refractivity contribution is 5.85. The van der Waals surface area contributed by atoms with Crippen molar-refractivity contribution in [3.8, 4) is 5.75 Å². The maximum Gasteiger partial charge on any atom is 0.118 e. The molecule has 0 unspecified atom stereocenters. The van der Waals surface area contributed by atoms with E-state index in [2.05, 4.69) is 34.5 Å². The second kappa shape index (κ2) is 7.48. The lowest BCUT2D eigenvalue weighted by Gasteiger charge is -2.33. The van der Waals surface area contributed by atoms with Gasteiger partial charge in [-0.2, -0.15) is 0 Å². The molecule has 4 heteroatoms. The van der Waals surface area contributed by atoms with Gasteiger partial charge in [0.25, 0.3) is 0 Å². The van der Waals surface area contributed by atoms with Crippen LogP contribution in [0.3, 0.4) is 0 Å². The number of benzene rings is 1. The number of likely N-dealkylation sites (tertiary alicyclic amines) is 1. The smallest absolute Gasteiger partial charge is 0.118 e. The Kier molecular flexibility index (Phi) is 5.91. The lowest BCUT2D eigenvalue weighted by atomic mass is 9.78. The lowest BCUT2D eigenvalue weighted by Crippen LogP contribution is -2.38. The maximum absolute atomic E-state index is 5.21. The zero-order chi connectivity index (χ0) is 13.8. The third-order valence-corrected chi connectivity index (χ3v) is 5.06. The number of hydrogen-bond donors (Lipinski definition) is 1. The zero-order valence-corrected chi connectivity index (χ0v) is 13.8. The summed E-state index contributed by atoms with van der Waals surface area (Å²) in [6.07, 6.45) is 5.29. The highest BCUT2D eigenvalue weighted by Gasteiger charge is 2.38. The van der Waals surface area contributed by atoms with Crippen LogP contribution in [-0.2, 0) is 6.42 Å². The van der Waals surface area contributed by atoms with Crippen LogP contribution in [0, 0.1) is 5.41 Å². The normalized spacial score (nSPS) is 21.2. The molecule has 1 aromatic rings. The van der Waals surface area contributed by atoms with Crippen molar-refractivity contribution in [1.82, 2.24) is 10.2 Å². The fraction of sp³-hybridized carbons (Fsp3) is 0.647. The Balaban J connectivity index is 0.00000161. The summed E-state index contributed by atoms with van der Waals surface area (Å²) in [5, 5.41) is 3.49. The first kappa shape index (κ1) is 16.6. The molecule has 118 valence electrons. The number of halogens is 1. The second-order valence-corrected chi connectivity index (χ2v) is 6.37. The van der Waals surface area contributed by atoms with Crippen LogP contribution in [0.2, 0.25) is 0 Å². The molecule has 0 aliphatic carbocycles. The van der Waals surface area contributed by atoms with E-state index >= 15 is 0 Å². The van der Waals surface area contributed by atoms with Gasteiger partial charge in [0, 0.05) is 13.1 Å². The Hall–Kier alpha value is -0.770. The van der Waals surface area contributed by atoms with Crippen molar-refractivity contribution in [1.29, 1.82) is 0 Å². The third kappa shape index (κ3) is 4.12. The van der Waals surface area contributed by atoms with Crippen LogP contribution in [0.5, 0.6) is 5.75 Å². The predicted molar refractivity (Wildman–Crippen MR) is 89.5 cm³/mol. The topological polar surface area (TPSA) is 24.5 Å². The van der Waals surface area contributed by atoms with E-state index in [1.54, 1.807) is 7.11 Å². The Morgan fingerprint density at radius 1 is 1.14 bits per heavy atom. The molecular weight excluding hydrogens is 284 g/mol. The number of methoxy groups -OCH3 is 1. The first-order valence-corrected chi connectivity index (χ1v) is 7.86. The minimum atomic E-state index is 0. The standard InChI is InChI=1S/C17H26N2O.ClH/c1-20-16-4-2-15(3-5-16)6-12-19-13-9-17(14-19)7-10-18-11-8-17;/h2-5,18H,6-14H2,1H3;1H. The van der Waals surface area contributed by atoms with E-state index < -0.39 is 0 Å². The van der Waals surface area contributed by atoms with E-state index in [1.807, 2.05) is 0 Å². The first-order valence-electron chi connectivity index (χ1n) is 7.86. The van der Waals surface area contributed by atoms with Crippen molar-refractivity contribution < 1.29 is 4.74 Å². The number of rotatable bonds is 4. The van der Waals surface area contributed by atoms with Crippen LogP contribution in [0.15, 0.2) is 24.3 Å². The zero-order valence-electron chi connectivity index (χ0n) is 12.9. The Labute approximate surface area is 134 Å². The molecule has 2 fully saturated rings. The van der Waals surface area contributed by atoms with Gasteiger partial charge in [-0.05, 0) is 68.4 Å². The minimum absolute atomic E-state index is 0. The van der Waals surface area contributed by atoms with Crippen LogP contribution in [-0.4, -0.2) is 44.7 Å². The van der Waals surface area contributed by atoms with Crippen molar-refractivity contribution in [2.24, 2.45) is 5.41 Å². The summed E-state index contributed by atoms with van der Waals surface area (Å²) in [6, 6.07) is 8.51. The number of piperidine rings is 1. The molecule has 2 saturated heterocycles. The molecule has 21 heavy (non-hydrogen) atoms. The quantitative estimate of drug-likeness (QED) is 0.925. The maximum atomic E-state index is 5.21. The molecule has 1 aromatic carbocycles. The summed E-state index contributed by atoms with van der Waals surface area (Å²) in [7, 11) is 1.72. The van der Waals surface area contributed by atoms with Crippen LogP contribution in [0.1, 0.15) is 24.8 Å². The summed E-state index contributed by atoms with van der Waals surface area (Å²) in [4.78, 5) is 2.66. The minimum Gasteiger partial charge on any atom is -0.497 e. The van der Waals surface area contributed by atoms with Gasteiger partial charge < -0.3 is 15.0 Å². The van der Waals surface area contributed by atoms with Crippen LogP contribution in [0.4, 0.5) is 0 Å². The highest BCUT2D eigenvalue weighted by Crippen LogP contribution is 2.38. The van der Waals surface area contributed by atoms with E-state index in [0.29, 0.717) is 5.41 Å². The predicted octanol–water partition coefficient (Wildman–Crippen LogP) is 2.74. The van der Waals surface area contributed by atoms with Gasteiger partial charge in [-0.3, -0.25) is 0 Å². The molecule has 0 atom stereocenters. The molecule has 3 rings (SSSR count). The monoisotopic (exact) mass is 310 g/mol. The summed E-state index contributed by atoms with van der Waals surface area (Å²) in [6.45, 7) is 6.22. The number of nitrogens with one attached hydrogen (secondary N) is 1. The third-order valence-electron chi connectivity index (χ3n) is 5.06. The number of nitrogens with zero attached hydrogens (tertiary/aromatic N) is 1. The molecular formula is C17H27ClN2O. The summed E-state index contributed by atoms with van der Waals surface area (Å²) >= 11 is 0. The second-order valence-electron chi connectivity index (χ2n) is 6.37. The van der Waals surface area contributed by atoms with Crippen LogP contribution < -0.4 is 10.1 Å². The Bertz CT molecular complexity index is 429. The van der Waals surface area contributed by atoms with Gasteiger partial charge >= 0.3 is 0 Å². The summed E-state index contributed by atoms with van der Waals surface area (Å²) in [5.41, 5.74) is 2.04. The Morgan fingerprint density at radius 3 is 2.52 bits per heavy atom. The van der Waals surface area contributed by atoms with Gasteiger partial charge in [0.1, 0.15) is 5.75 Å². The highest BCUT2D eigenvalue weighted by atomic mass is 35.5. The van der Waals surface area contributed by atoms with Crippen molar-refractivity contribution in [3.05, 3.63) is 29.8 Å². The molecule has 2 aliphatic heterocycles. The van der Waals surface area contributed by atoms with Crippen molar-refractivity contribution >= 4 is 12.4 Å². The van der Waals surface area contributed by atoms with Gasteiger partial charge in [-0.1, -0.05) is 12.1 Å². The largest absolute Gasteiger partial charge is 0.497 e. The Morgan fingerprint density at radius 2 is 1.86 bits per heavy atom. The van der Waals surface area contributed by atoms with E-state index in [-0.39, 0.29) is 12.4 Å². The molecule has 0 radical (unpaired) electrons. The van der Waals surface area contributed by atoms with Gasteiger partial charge in [-0.15, -0.1) is 12.4 Å². The van der Waals surface area contributed by atoms with Crippen LogP contribution in [0.25, 0.3) is 0 Å². The average molecular weight is 311 g/mol. The van der Waals surface area contributed by atoms with Crippen molar-refractivity contribution in [2.45, 2.75) is 25.7 Å². The lowest BCUT2D eigenvalue weighted by molar-refractivity contribution is 0.197. The molecule has 0 saturated carbocycles. The average Bonchev–Trinajstić information content (AvgIpc) is 2.89. The first-order chi connectivity index (χ1) is 9.80. The molecule has 2 aliphatic rings. The van der Waals surface area contributed by atoms with Crippen molar-refractivity contribution in [2.75, 3.05) is 39.8 Å². The number of ether oxygens (including phenoxy) is 1. The molecule has 1 N–H and O–H groups in total. The van der Waals surface area contributed by atoms with E-state index in [9.17, 15) is 0 Å². The van der Waals surface area contributed by atoms with E-state index in [0.717, 1.165) is 12.2 Å². The molecule has 1 spiro atoms. The van der Waals surface area contributed by atoms with Crippen LogP contribution >= 0.6 is 12.4 Å². The molecule has 3 nitrogen and oxygen atoms in total. The van der Waals surface area contributed by atoms with Gasteiger partial charge in [-0.25, -0.2) is 0 Å².